The lowest BCUT2D eigenvalue weighted by atomic mass is 10.0. The molecule has 1 unspecified atom stereocenters. The van der Waals surface area contributed by atoms with E-state index in [0.717, 1.165) is 12.8 Å². The minimum Gasteiger partial charge on any atom is -0.352 e. The van der Waals surface area contributed by atoms with Crippen LogP contribution in [0.5, 0.6) is 0 Å². The SMILES string of the molecule is CCCCCCCCCCCCCCCCCCOC(C)OS(=O)(=O)O. The summed E-state index contributed by atoms with van der Waals surface area (Å²) in [6.07, 6.45) is 20.1. The predicted octanol–water partition coefficient (Wildman–Crippen LogP) is 6.43. The van der Waals surface area contributed by atoms with Crippen molar-refractivity contribution < 1.29 is 21.9 Å². The summed E-state index contributed by atoms with van der Waals surface area (Å²) in [5.74, 6) is 0. The number of hydrogen-bond donors (Lipinski definition) is 1. The average molecular weight is 395 g/mol. The molecular weight excluding hydrogens is 352 g/mol. The zero-order chi connectivity index (χ0) is 19.5. The molecular formula is C20H42O5S. The minimum absolute atomic E-state index is 0.454. The van der Waals surface area contributed by atoms with E-state index in [2.05, 4.69) is 11.1 Å². The molecule has 0 heterocycles. The van der Waals surface area contributed by atoms with Gasteiger partial charge in [-0.2, -0.15) is 8.42 Å². The molecule has 0 aromatic rings. The summed E-state index contributed by atoms with van der Waals surface area (Å²) in [4.78, 5) is 0. The highest BCUT2D eigenvalue weighted by Gasteiger charge is 2.11. The molecule has 0 fully saturated rings. The van der Waals surface area contributed by atoms with Crippen LogP contribution in [-0.4, -0.2) is 25.9 Å². The van der Waals surface area contributed by atoms with Crippen LogP contribution in [0, 0.1) is 0 Å². The second kappa shape index (κ2) is 18.2. The zero-order valence-corrected chi connectivity index (χ0v) is 17.9. The normalized spacial score (nSPS) is 13.2. The van der Waals surface area contributed by atoms with Crippen molar-refractivity contribution in [2.75, 3.05) is 6.61 Å². The summed E-state index contributed by atoms with van der Waals surface area (Å²) in [6.45, 7) is 4.18. The summed E-state index contributed by atoms with van der Waals surface area (Å²) < 4.78 is 38.9. The minimum atomic E-state index is -4.42. The second-order valence-corrected chi connectivity index (χ2v) is 8.31. The Balaban J connectivity index is 3.13. The smallest absolute Gasteiger partial charge is 0.352 e. The molecule has 0 aromatic heterocycles. The van der Waals surface area contributed by atoms with Crippen LogP contribution in [0.3, 0.4) is 0 Å². The molecule has 0 aliphatic rings. The van der Waals surface area contributed by atoms with E-state index >= 15 is 0 Å². The van der Waals surface area contributed by atoms with E-state index in [1.54, 1.807) is 0 Å². The Bertz CT molecular complexity index is 384. The first-order chi connectivity index (χ1) is 12.5. The van der Waals surface area contributed by atoms with Gasteiger partial charge in [-0.1, -0.05) is 103 Å². The summed E-state index contributed by atoms with van der Waals surface area (Å²) in [7, 11) is -4.42. The molecule has 1 atom stereocenters. The molecule has 0 radical (unpaired) electrons. The lowest BCUT2D eigenvalue weighted by Crippen LogP contribution is -2.18. The molecule has 158 valence electrons. The molecule has 0 aliphatic heterocycles. The largest absolute Gasteiger partial charge is 0.399 e. The summed E-state index contributed by atoms with van der Waals surface area (Å²) >= 11 is 0. The van der Waals surface area contributed by atoms with Crippen molar-refractivity contribution in [1.29, 1.82) is 0 Å². The summed E-state index contributed by atoms with van der Waals surface area (Å²) in [5.41, 5.74) is 0. The fourth-order valence-electron chi connectivity index (χ4n) is 3.10. The Morgan fingerprint density at radius 2 is 1.04 bits per heavy atom. The van der Waals surface area contributed by atoms with Crippen molar-refractivity contribution in [3.05, 3.63) is 0 Å². The van der Waals surface area contributed by atoms with Crippen molar-refractivity contribution >= 4 is 10.4 Å². The third-order valence-corrected chi connectivity index (χ3v) is 5.12. The van der Waals surface area contributed by atoms with Gasteiger partial charge in [0.05, 0.1) is 0 Å². The molecule has 0 rings (SSSR count). The molecule has 6 heteroatoms. The van der Waals surface area contributed by atoms with Crippen LogP contribution in [0.1, 0.15) is 117 Å². The summed E-state index contributed by atoms with van der Waals surface area (Å²) in [5, 5.41) is 0. The molecule has 0 saturated carbocycles. The van der Waals surface area contributed by atoms with Crippen LogP contribution >= 0.6 is 0 Å². The van der Waals surface area contributed by atoms with Crippen LogP contribution < -0.4 is 0 Å². The van der Waals surface area contributed by atoms with E-state index in [9.17, 15) is 8.42 Å². The van der Waals surface area contributed by atoms with Crippen LogP contribution in [0.15, 0.2) is 0 Å². The maximum atomic E-state index is 10.5. The van der Waals surface area contributed by atoms with Crippen molar-refractivity contribution in [2.24, 2.45) is 0 Å². The Labute approximate surface area is 162 Å². The monoisotopic (exact) mass is 394 g/mol. The van der Waals surface area contributed by atoms with E-state index in [-0.39, 0.29) is 0 Å². The maximum absolute atomic E-state index is 10.5. The van der Waals surface area contributed by atoms with Gasteiger partial charge in [0.1, 0.15) is 0 Å². The summed E-state index contributed by atoms with van der Waals surface area (Å²) in [6, 6.07) is 0. The molecule has 0 aromatic carbocycles. The van der Waals surface area contributed by atoms with Gasteiger partial charge in [0, 0.05) is 6.61 Å². The van der Waals surface area contributed by atoms with Crippen molar-refractivity contribution in [2.45, 2.75) is 123 Å². The highest BCUT2D eigenvalue weighted by atomic mass is 32.3. The van der Waals surface area contributed by atoms with Gasteiger partial charge in [0.15, 0.2) is 6.29 Å². The Kier molecular flexibility index (Phi) is 18.1. The van der Waals surface area contributed by atoms with Crippen LogP contribution in [0.25, 0.3) is 0 Å². The first-order valence-corrected chi connectivity index (χ1v) is 12.1. The zero-order valence-electron chi connectivity index (χ0n) is 17.1. The Morgan fingerprint density at radius 3 is 1.38 bits per heavy atom. The van der Waals surface area contributed by atoms with Crippen LogP contribution in [0.4, 0.5) is 0 Å². The van der Waals surface area contributed by atoms with Gasteiger partial charge in [0.2, 0.25) is 0 Å². The molecule has 1 N–H and O–H groups in total. The molecule has 26 heavy (non-hydrogen) atoms. The highest BCUT2D eigenvalue weighted by molar-refractivity contribution is 7.80. The van der Waals surface area contributed by atoms with Crippen molar-refractivity contribution in [1.82, 2.24) is 0 Å². The fourth-order valence-corrected chi connectivity index (χ4v) is 3.50. The van der Waals surface area contributed by atoms with Crippen LogP contribution in [-0.2, 0) is 19.3 Å². The Hall–Kier alpha value is -0.170. The van der Waals surface area contributed by atoms with Crippen molar-refractivity contribution in [3.8, 4) is 0 Å². The molecule has 5 nitrogen and oxygen atoms in total. The molecule has 0 amide bonds. The number of rotatable bonds is 20. The molecule has 0 bridgehead atoms. The van der Waals surface area contributed by atoms with E-state index in [1.165, 1.54) is 96.8 Å². The van der Waals surface area contributed by atoms with Gasteiger partial charge in [0.25, 0.3) is 0 Å². The van der Waals surface area contributed by atoms with E-state index in [0.29, 0.717) is 6.61 Å². The van der Waals surface area contributed by atoms with Gasteiger partial charge < -0.3 is 4.74 Å². The van der Waals surface area contributed by atoms with Crippen molar-refractivity contribution in [3.63, 3.8) is 0 Å². The third kappa shape index (κ3) is 21.9. The van der Waals surface area contributed by atoms with E-state index < -0.39 is 16.7 Å². The van der Waals surface area contributed by atoms with E-state index in [4.69, 9.17) is 9.29 Å². The number of hydrogen-bond acceptors (Lipinski definition) is 4. The first-order valence-electron chi connectivity index (χ1n) is 10.7. The fraction of sp³-hybridized carbons (Fsp3) is 1.00. The number of unbranched alkanes of at least 4 members (excludes halogenated alkanes) is 15. The first kappa shape index (κ1) is 25.8. The van der Waals surface area contributed by atoms with E-state index in [1.807, 2.05) is 0 Å². The maximum Gasteiger partial charge on any atom is 0.399 e. The molecule has 0 aliphatic carbocycles. The number of ether oxygens (including phenoxy) is 1. The molecule has 0 saturated heterocycles. The third-order valence-electron chi connectivity index (χ3n) is 4.61. The van der Waals surface area contributed by atoms with Gasteiger partial charge in [-0.3, -0.25) is 4.55 Å². The van der Waals surface area contributed by atoms with Gasteiger partial charge in [-0.25, -0.2) is 4.18 Å². The lowest BCUT2D eigenvalue weighted by molar-refractivity contribution is -0.0689. The Morgan fingerprint density at radius 1 is 0.692 bits per heavy atom. The van der Waals surface area contributed by atoms with Gasteiger partial charge >= 0.3 is 10.4 Å². The topological polar surface area (TPSA) is 72.8 Å². The average Bonchev–Trinajstić information content (AvgIpc) is 2.56. The van der Waals surface area contributed by atoms with Gasteiger partial charge in [-0.05, 0) is 13.3 Å². The van der Waals surface area contributed by atoms with Gasteiger partial charge in [-0.15, -0.1) is 0 Å². The quantitative estimate of drug-likeness (QED) is 0.146. The second-order valence-electron chi connectivity index (χ2n) is 7.27. The van der Waals surface area contributed by atoms with Crippen LogP contribution in [0.2, 0.25) is 0 Å². The lowest BCUT2D eigenvalue weighted by Gasteiger charge is -2.11. The predicted molar refractivity (Wildman–Crippen MR) is 108 cm³/mol. The highest BCUT2D eigenvalue weighted by Crippen LogP contribution is 2.13. The molecule has 0 spiro atoms. The standard InChI is InChI=1S/C20H42O5S/c1-3-4-5-6-7-8-9-10-11-12-13-14-15-16-17-18-19-24-20(2)25-26(21,22)23/h20H,3-19H2,1-2H3,(H,21,22,23).